The van der Waals surface area contributed by atoms with Crippen LogP contribution in [0.4, 0.5) is 15.8 Å². The molecular formula is C17H13BrClFN2O2. The van der Waals surface area contributed by atoms with Gasteiger partial charge in [-0.15, -0.1) is 0 Å². The molecule has 0 spiro atoms. The second-order valence-corrected chi connectivity index (χ2v) is 6.85. The molecule has 0 unspecified atom stereocenters. The number of benzene rings is 2. The lowest BCUT2D eigenvalue weighted by atomic mass is 10.1. The minimum atomic E-state index is -0.531. The van der Waals surface area contributed by atoms with Crippen LogP contribution in [-0.4, -0.2) is 18.4 Å². The Labute approximate surface area is 151 Å². The van der Waals surface area contributed by atoms with E-state index in [1.165, 1.54) is 12.1 Å². The zero-order valence-electron chi connectivity index (χ0n) is 12.4. The average molecular weight is 412 g/mol. The van der Waals surface area contributed by atoms with Crippen LogP contribution in [0, 0.1) is 11.7 Å². The van der Waals surface area contributed by atoms with Crippen LogP contribution in [0.5, 0.6) is 0 Å². The Bertz CT molecular complexity index is 798. The number of hydrogen-bond acceptors (Lipinski definition) is 2. The molecule has 1 saturated heterocycles. The maximum atomic E-state index is 13.8. The number of carbonyl (C=O) groups excluding carboxylic acids is 2. The molecule has 3 rings (SSSR count). The zero-order chi connectivity index (χ0) is 17.3. The predicted molar refractivity (Wildman–Crippen MR) is 94.6 cm³/mol. The van der Waals surface area contributed by atoms with E-state index in [-0.39, 0.29) is 30.5 Å². The standard InChI is InChI=1S/C17H13BrClFN2O2/c18-11-1-6-15(14(20)8-11)21-17(24)10-7-16(23)22(9-10)13-4-2-12(19)3-5-13/h1-6,8,10H,7,9H2,(H,21,24)/t10-/m1/s1. The first-order valence-corrected chi connectivity index (χ1v) is 8.43. The Morgan fingerprint density at radius 2 is 1.96 bits per heavy atom. The Balaban J connectivity index is 1.70. The third-order valence-corrected chi connectivity index (χ3v) is 4.57. The van der Waals surface area contributed by atoms with Crippen molar-refractivity contribution < 1.29 is 14.0 Å². The maximum Gasteiger partial charge on any atom is 0.229 e. The molecule has 24 heavy (non-hydrogen) atoms. The molecule has 2 aromatic rings. The molecule has 7 heteroatoms. The number of anilines is 2. The van der Waals surface area contributed by atoms with Crippen molar-refractivity contribution >= 4 is 50.7 Å². The predicted octanol–water partition coefficient (Wildman–Crippen LogP) is 4.23. The maximum absolute atomic E-state index is 13.8. The molecule has 0 saturated carbocycles. The molecular weight excluding hydrogens is 399 g/mol. The smallest absolute Gasteiger partial charge is 0.229 e. The molecule has 1 atom stereocenters. The molecule has 0 aliphatic carbocycles. The van der Waals surface area contributed by atoms with Gasteiger partial charge in [-0.05, 0) is 42.5 Å². The van der Waals surface area contributed by atoms with Gasteiger partial charge in [-0.25, -0.2) is 4.39 Å². The molecule has 1 aliphatic rings. The van der Waals surface area contributed by atoms with Crippen LogP contribution in [0.3, 0.4) is 0 Å². The topological polar surface area (TPSA) is 49.4 Å². The zero-order valence-corrected chi connectivity index (χ0v) is 14.8. The summed E-state index contributed by atoms with van der Waals surface area (Å²) < 4.78 is 14.4. The van der Waals surface area contributed by atoms with Crippen molar-refractivity contribution in [3.8, 4) is 0 Å². The number of halogens is 3. The molecule has 0 radical (unpaired) electrons. The first-order valence-electron chi connectivity index (χ1n) is 7.26. The summed E-state index contributed by atoms with van der Waals surface area (Å²) in [5.74, 6) is -1.58. The van der Waals surface area contributed by atoms with E-state index >= 15 is 0 Å². The largest absolute Gasteiger partial charge is 0.323 e. The summed E-state index contributed by atoms with van der Waals surface area (Å²) in [6.45, 7) is 0.254. The average Bonchev–Trinajstić information content (AvgIpc) is 2.93. The molecule has 0 bridgehead atoms. The summed E-state index contributed by atoms with van der Waals surface area (Å²) in [5.41, 5.74) is 0.787. The van der Waals surface area contributed by atoms with Gasteiger partial charge in [0.2, 0.25) is 11.8 Å². The summed E-state index contributed by atoms with van der Waals surface area (Å²) in [5, 5.41) is 3.12. The number of amides is 2. The van der Waals surface area contributed by atoms with Gasteiger partial charge >= 0.3 is 0 Å². The number of nitrogens with zero attached hydrogens (tertiary/aromatic N) is 1. The van der Waals surface area contributed by atoms with Crippen LogP contribution in [0.25, 0.3) is 0 Å². The minimum absolute atomic E-state index is 0.0899. The normalized spacial score (nSPS) is 17.2. The Kier molecular flexibility index (Phi) is 4.87. The van der Waals surface area contributed by atoms with Gasteiger partial charge in [0.05, 0.1) is 11.6 Å². The highest BCUT2D eigenvalue weighted by atomic mass is 79.9. The van der Waals surface area contributed by atoms with Crippen LogP contribution in [-0.2, 0) is 9.59 Å². The summed E-state index contributed by atoms with van der Waals surface area (Å²) in [6, 6.07) is 11.2. The third-order valence-electron chi connectivity index (χ3n) is 3.82. The van der Waals surface area contributed by atoms with Gasteiger partial charge in [0.15, 0.2) is 0 Å². The highest BCUT2D eigenvalue weighted by molar-refractivity contribution is 9.10. The summed E-state index contributed by atoms with van der Waals surface area (Å²) in [4.78, 5) is 26.1. The molecule has 1 fully saturated rings. The van der Waals surface area contributed by atoms with E-state index in [1.54, 1.807) is 35.2 Å². The van der Waals surface area contributed by atoms with Crippen LogP contribution in [0.1, 0.15) is 6.42 Å². The Morgan fingerprint density at radius 1 is 1.25 bits per heavy atom. The second kappa shape index (κ2) is 6.91. The van der Waals surface area contributed by atoms with E-state index in [0.717, 1.165) is 0 Å². The first-order chi connectivity index (χ1) is 11.4. The number of nitrogens with one attached hydrogen (secondary N) is 1. The van der Waals surface area contributed by atoms with Gasteiger partial charge in [-0.1, -0.05) is 27.5 Å². The summed E-state index contributed by atoms with van der Waals surface area (Å²) in [7, 11) is 0. The summed E-state index contributed by atoms with van der Waals surface area (Å²) in [6.07, 6.45) is 0.0899. The van der Waals surface area contributed by atoms with Crippen molar-refractivity contribution in [2.75, 3.05) is 16.8 Å². The van der Waals surface area contributed by atoms with E-state index in [1.807, 2.05) is 0 Å². The minimum Gasteiger partial charge on any atom is -0.323 e. The third kappa shape index (κ3) is 3.60. The fourth-order valence-electron chi connectivity index (χ4n) is 2.58. The first kappa shape index (κ1) is 16.9. The van der Waals surface area contributed by atoms with Crippen LogP contribution in [0.15, 0.2) is 46.9 Å². The van der Waals surface area contributed by atoms with Gasteiger partial charge in [0.1, 0.15) is 5.82 Å². The Morgan fingerprint density at radius 3 is 2.62 bits per heavy atom. The molecule has 1 heterocycles. The molecule has 0 aromatic heterocycles. The van der Waals surface area contributed by atoms with Gasteiger partial charge in [0.25, 0.3) is 0 Å². The van der Waals surface area contributed by atoms with Crippen LogP contribution >= 0.6 is 27.5 Å². The number of hydrogen-bond donors (Lipinski definition) is 1. The lowest BCUT2D eigenvalue weighted by Crippen LogP contribution is -2.28. The molecule has 124 valence electrons. The van der Waals surface area contributed by atoms with Gasteiger partial charge in [0, 0.05) is 28.1 Å². The quantitative estimate of drug-likeness (QED) is 0.821. The number of rotatable bonds is 3. The lowest BCUT2D eigenvalue weighted by Gasteiger charge is -2.17. The molecule has 4 nitrogen and oxygen atoms in total. The van der Waals surface area contributed by atoms with E-state index in [0.29, 0.717) is 15.2 Å². The van der Waals surface area contributed by atoms with Gasteiger partial charge < -0.3 is 10.2 Å². The monoisotopic (exact) mass is 410 g/mol. The van der Waals surface area contributed by atoms with E-state index in [9.17, 15) is 14.0 Å². The van der Waals surface area contributed by atoms with Crippen molar-refractivity contribution in [3.05, 3.63) is 57.8 Å². The van der Waals surface area contributed by atoms with Gasteiger partial charge in [-0.3, -0.25) is 9.59 Å². The van der Waals surface area contributed by atoms with E-state index in [4.69, 9.17) is 11.6 Å². The molecule has 1 aliphatic heterocycles. The van der Waals surface area contributed by atoms with Crippen LogP contribution < -0.4 is 10.2 Å². The molecule has 2 aromatic carbocycles. The highest BCUT2D eigenvalue weighted by Gasteiger charge is 2.35. The fourth-order valence-corrected chi connectivity index (χ4v) is 3.04. The van der Waals surface area contributed by atoms with Crippen molar-refractivity contribution in [2.24, 2.45) is 5.92 Å². The van der Waals surface area contributed by atoms with Crippen LogP contribution in [0.2, 0.25) is 5.02 Å². The van der Waals surface area contributed by atoms with Crippen molar-refractivity contribution in [2.45, 2.75) is 6.42 Å². The van der Waals surface area contributed by atoms with Gasteiger partial charge in [-0.2, -0.15) is 0 Å². The van der Waals surface area contributed by atoms with E-state index < -0.39 is 11.7 Å². The molecule has 1 N–H and O–H groups in total. The van der Waals surface area contributed by atoms with Crippen molar-refractivity contribution in [1.82, 2.24) is 0 Å². The number of carbonyl (C=O) groups is 2. The lowest BCUT2D eigenvalue weighted by molar-refractivity contribution is -0.122. The van der Waals surface area contributed by atoms with E-state index in [2.05, 4.69) is 21.2 Å². The van der Waals surface area contributed by atoms with Crippen molar-refractivity contribution in [3.63, 3.8) is 0 Å². The van der Waals surface area contributed by atoms with Crippen molar-refractivity contribution in [1.29, 1.82) is 0 Å². The summed E-state index contributed by atoms with van der Waals surface area (Å²) >= 11 is 9.01. The SMILES string of the molecule is O=C(Nc1ccc(Br)cc1F)[C@@H]1CC(=O)N(c2ccc(Cl)cc2)C1. The molecule has 2 amide bonds. The Hall–Kier alpha value is -1.92. The highest BCUT2D eigenvalue weighted by Crippen LogP contribution is 2.27. The fraction of sp³-hybridized carbons (Fsp3) is 0.176. The second-order valence-electron chi connectivity index (χ2n) is 5.50.